The minimum atomic E-state index is -0.601. The summed E-state index contributed by atoms with van der Waals surface area (Å²) in [6.45, 7) is 0. The molecule has 0 saturated heterocycles. The Labute approximate surface area is 180 Å². The lowest BCUT2D eigenvalue weighted by molar-refractivity contribution is -0.385. The van der Waals surface area contributed by atoms with E-state index in [4.69, 9.17) is 4.74 Å². The summed E-state index contributed by atoms with van der Waals surface area (Å²) in [6.07, 6.45) is 5.79. The Morgan fingerprint density at radius 1 is 0.875 bits per heavy atom. The standard InChI is InChI=1S/C22H14N4O6/c27-22(12-3-15-1-6-17(7-2-15)25(28)29)32-19-9-4-16(5-10-19)20-14-24-13-18(26(30)31)8-11-21(24)23-20/h1-14H/b12-3+. The molecule has 0 aliphatic rings. The van der Waals surface area contributed by atoms with Gasteiger partial charge in [-0.2, -0.15) is 0 Å². The monoisotopic (exact) mass is 430 g/mol. The highest BCUT2D eigenvalue weighted by atomic mass is 16.6. The van der Waals surface area contributed by atoms with Crippen LogP contribution in [0.25, 0.3) is 23.0 Å². The van der Waals surface area contributed by atoms with Gasteiger partial charge in [-0.1, -0.05) is 0 Å². The molecule has 10 heteroatoms. The summed E-state index contributed by atoms with van der Waals surface area (Å²) < 4.78 is 6.83. The van der Waals surface area contributed by atoms with E-state index in [0.717, 1.165) is 5.56 Å². The quantitative estimate of drug-likeness (QED) is 0.145. The molecular weight excluding hydrogens is 416 g/mol. The Morgan fingerprint density at radius 2 is 1.53 bits per heavy atom. The molecule has 0 aliphatic heterocycles. The number of rotatable bonds is 6. The Kier molecular flexibility index (Phi) is 5.41. The number of ether oxygens (including phenoxy) is 1. The number of non-ortho nitro benzene ring substituents is 1. The highest BCUT2D eigenvalue weighted by Crippen LogP contribution is 2.24. The zero-order valence-corrected chi connectivity index (χ0v) is 16.3. The third-order valence-corrected chi connectivity index (χ3v) is 4.53. The van der Waals surface area contributed by atoms with Crippen molar-refractivity contribution in [3.63, 3.8) is 0 Å². The summed E-state index contributed by atoms with van der Waals surface area (Å²) in [5.41, 5.74) is 2.48. The highest BCUT2D eigenvalue weighted by Gasteiger charge is 2.10. The van der Waals surface area contributed by atoms with Crippen LogP contribution in [0.1, 0.15) is 5.56 Å². The predicted octanol–water partition coefficient (Wildman–Crippen LogP) is 4.44. The van der Waals surface area contributed by atoms with E-state index < -0.39 is 15.8 Å². The molecule has 158 valence electrons. The molecule has 2 aromatic heterocycles. The molecule has 0 aliphatic carbocycles. The number of imidazole rings is 1. The van der Waals surface area contributed by atoms with E-state index in [2.05, 4.69) is 4.98 Å². The molecule has 0 fully saturated rings. The number of hydrogen-bond donors (Lipinski definition) is 0. The Balaban J connectivity index is 1.43. The summed E-state index contributed by atoms with van der Waals surface area (Å²) in [7, 11) is 0. The van der Waals surface area contributed by atoms with Crippen molar-refractivity contribution in [2.75, 3.05) is 0 Å². The summed E-state index contributed by atoms with van der Waals surface area (Å²) in [5, 5.41) is 21.6. The molecule has 0 saturated carbocycles. The number of pyridine rings is 1. The van der Waals surface area contributed by atoms with E-state index in [9.17, 15) is 25.0 Å². The average Bonchev–Trinajstić information content (AvgIpc) is 3.22. The molecule has 0 N–H and O–H groups in total. The highest BCUT2D eigenvalue weighted by molar-refractivity contribution is 5.88. The maximum Gasteiger partial charge on any atom is 0.336 e. The smallest absolute Gasteiger partial charge is 0.336 e. The topological polar surface area (TPSA) is 130 Å². The zero-order chi connectivity index (χ0) is 22.7. The number of aromatic nitrogens is 2. The third-order valence-electron chi connectivity index (χ3n) is 4.53. The lowest BCUT2D eigenvalue weighted by Gasteiger charge is -2.02. The van der Waals surface area contributed by atoms with Gasteiger partial charge in [-0.15, -0.1) is 0 Å². The summed E-state index contributed by atoms with van der Waals surface area (Å²) >= 11 is 0. The number of hydrogen-bond acceptors (Lipinski definition) is 7. The first kappa shape index (κ1) is 20.4. The van der Waals surface area contributed by atoms with Gasteiger partial charge in [0.1, 0.15) is 11.4 Å². The van der Waals surface area contributed by atoms with Crippen molar-refractivity contribution in [2.45, 2.75) is 0 Å². The lowest BCUT2D eigenvalue weighted by Crippen LogP contribution is -2.03. The Morgan fingerprint density at radius 3 is 2.19 bits per heavy atom. The van der Waals surface area contributed by atoms with E-state index in [0.29, 0.717) is 22.7 Å². The van der Waals surface area contributed by atoms with Gasteiger partial charge >= 0.3 is 5.97 Å². The van der Waals surface area contributed by atoms with Crippen LogP contribution in [-0.2, 0) is 4.79 Å². The first-order valence-corrected chi connectivity index (χ1v) is 9.27. The fraction of sp³-hybridized carbons (Fsp3) is 0. The van der Waals surface area contributed by atoms with Crippen molar-refractivity contribution in [2.24, 2.45) is 0 Å². The average molecular weight is 430 g/mol. The number of nitro benzene ring substituents is 1. The van der Waals surface area contributed by atoms with Crippen molar-refractivity contribution >= 4 is 29.1 Å². The number of nitrogens with zero attached hydrogens (tertiary/aromatic N) is 4. The normalized spacial score (nSPS) is 11.0. The maximum atomic E-state index is 12.0. The molecule has 2 heterocycles. The number of fused-ring (bicyclic) bond motifs is 1. The zero-order valence-electron chi connectivity index (χ0n) is 16.3. The van der Waals surface area contributed by atoms with Crippen LogP contribution >= 0.6 is 0 Å². The number of nitro groups is 2. The van der Waals surface area contributed by atoms with Crippen LogP contribution in [0.5, 0.6) is 5.75 Å². The first-order valence-electron chi connectivity index (χ1n) is 9.27. The molecule has 0 bridgehead atoms. The molecule has 0 amide bonds. The van der Waals surface area contributed by atoms with E-state index in [-0.39, 0.29) is 11.4 Å². The van der Waals surface area contributed by atoms with Gasteiger partial charge in [-0.05, 0) is 54.1 Å². The van der Waals surface area contributed by atoms with Crippen LogP contribution in [0.3, 0.4) is 0 Å². The molecule has 32 heavy (non-hydrogen) atoms. The number of carbonyl (C=O) groups excluding carboxylic acids is 1. The van der Waals surface area contributed by atoms with E-state index in [1.807, 2.05) is 0 Å². The molecule has 4 rings (SSSR count). The molecule has 0 radical (unpaired) electrons. The van der Waals surface area contributed by atoms with Gasteiger partial charge in [0, 0.05) is 36.0 Å². The van der Waals surface area contributed by atoms with Crippen molar-refractivity contribution in [1.29, 1.82) is 0 Å². The molecule has 10 nitrogen and oxygen atoms in total. The number of benzene rings is 2. The molecular formula is C22H14N4O6. The van der Waals surface area contributed by atoms with Crippen molar-refractivity contribution in [1.82, 2.24) is 9.38 Å². The minimum Gasteiger partial charge on any atom is -0.423 e. The number of esters is 1. The molecule has 0 atom stereocenters. The predicted molar refractivity (Wildman–Crippen MR) is 115 cm³/mol. The van der Waals surface area contributed by atoms with Gasteiger partial charge in [0.15, 0.2) is 0 Å². The van der Waals surface area contributed by atoms with Crippen LogP contribution in [0.15, 0.2) is 79.1 Å². The van der Waals surface area contributed by atoms with Gasteiger partial charge in [-0.25, -0.2) is 9.78 Å². The van der Waals surface area contributed by atoms with E-state index in [1.54, 1.807) is 40.9 Å². The van der Waals surface area contributed by atoms with E-state index in [1.165, 1.54) is 48.7 Å². The summed E-state index contributed by atoms with van der Waals surface area (Å²) in [5.74, 6) is -0.275. The largest absolute Gasteiger partial charge is 0.423 e. The van der Waals surface area contributed by atoms with E-state index >= 15 is 0 Å². The lowest BCUT2D eigenvalue weighted by atomic mass is 10.1. The molecule has 4 aromatic rings. The summed E-state index contributed by atoms with van der Waals surface area (Å²) in [4.78, 5) is 37.1. The van der Waals surface area contributed by atoms with Crippen molar-refractivity contribution < 1.29 is 19.4 Å². The second-order valence-electron chi connectivity index (χ2n) is 6.66. The van der Waals surface area contributed by atoms with Crippen LogP contribution in [-0.4, -0.2) is 25.2 Å². The van der Waals surface area contributed by atoms with Gasteiger partial charge in [-0.3, -0.25) is 24.6 Å². The minimum absolute atomic E-state index is 0.0337. The maximum absolute atomic E-state index is 12.0. The van der Waals surface area contributed by atoms with Crippen LogP contribution in [0.2, 0.25) is 0 Å². The van der Waals surface area contributed by atoms with Gasteiger partial charge < -0.3 is 4.74 Å². The Hall–Kier alpha value is -4.86. The second-order valence-corrected chi connectivity index (χ2v) is 6.66. The van der Waals surface area contributed by atoms with Gasteiger partial charge in [0.2, 0.25) is 0 Å². The fourth-order valence-corrected chi connectivity index (χ4v) is 2.94. The van der Waals surface area contributed by atoms with Gasteiger partial charge in [0.05, 0.1) is 21.7 Å². The number of carbonyl (C=O) groups is 1. The first-order chi connectivity index (χ1) is 15.4. The molecule has 2 aromatic carbocycles. The van der Waals surface area contributed by atoms with Crippen LogP contribution < -0.4 is 4.74 Å². The molecule has 0 spiro atoms. The van der Waals surface area contributed by atoms with Crippen molar-refractivity contribution in [3.8, 4) is 17.0 Å². The fourth-order valence-electron chi connectivity index (χ4n) is 2.94. The van der Waals surface area contributed by atoms with Crippen molar-refractivity contribution in [3.05, 3.63) is 105 Å². The van der Waals surface area contributed by atoms with Crippen LogP contribution in [0.4, 0.5) is 11.4 Å². The molecule has 0 unspecified atom stereocenters. The Bertz CT molecular complexity index is 1360. The summed E-state index contributed by atoms with van der Waals surface area (Å²) in [6, 6.07) is 15.4. The van der Waals surface area contributed by atoms with Gasteiger partial charge in [0.25, 0.3) is 11.4 Å². The second kappa shape index (κ2) is 8.48. The SMILES string of the molecule is O=C(/C=C/c1ccc([N+](=O)[O-])cc1)Oc1ccc(-c2cn3cc([N+](=O)[O-])ccc3n2)cc1. The van der Waals surface area contributed by atoms with Crippen LogP contribution in [0, 0.1) is 20.2 Å². The third kappa shape index (κ3) is 4.49.